The summed E-state index contributed by atoms with van der Waals surface area (Å²) in [6.07, 6.45) is 3.70. The number of nitrogens with one attached hydrogen (secondary N) is 2. The van der Waals surface area contributed by atoms with Gasteiger partial charge in [-0.1, -0.05) is 0 Å². The van der Waals surface area contributed by atoms with Gasteiger partial charge in [-0.25, -0.2) is 4.68 Å². The average Bonchev–Trinajstić information content (AvgIpc) is 3.17. The maximum Gasteiger partial charge on any atom is 0.307 e. The first kappa shape index (κ1) is 17.1. The van der Waals surface area contributed by atoms with Crippen LogP contribution < -0.4 is 15.5 Å². The quantitative estimate of drug-likeness (QED) is 0.660. The fourth-order valence-corrected chi connectivity index (χ4v) is 2.44. The number of carbonyl (C=O) groups excluding carboxylic acids is 1. The number of esters is 1. The van der Waals surface area contributed by atoms with E-state index in [9.17, 15) is 4.79 Å². The number of carbonyl (C=O) groups is 1. The van der Waals surface area contributed by atoms with Gasteiger partial charge in [-0.3, -0.25) is 4.79 Å². The number of aromatic nitrogens is 5. The van der Waals surface area contributed by atoms with Gasteiger partial charge in [0.25, 0.3) is 5.95 Å². The molecule has 0 spiro atoms. The van der Waals surface area contributed by atoms with Crippen LogP contribution in [0.1, 0.15) is 13.3 Å². The van der Waals surface area contributed by atoms with Crippen molar-refractivity contribution in [3.8, 4) is 5.95 Å². The molecule has 2 aromatic rings. The third-order valence-electron chi connectivity index (χ3n) is 3.64. The standard InChI is InChI=1S/C15H22N8O2/c1-2-25-12(24)4-6-17-13-19-14(22-10-7-16-8-11-22)21-15(20-13)23-9-3-5-18-23/h3,5,9,16H,2,4,6-8,10-11H2,1H3,(H,17,19,20,21). The molecule has 0 saturated carbocycles. The zero-order valence-electron chi connectivity index (χ0n) is 14.2. The van der Waals surface area contributed by atoms with Crippen LogP contribution in [0.25, 0.3) is 5.95 Å². The van der Waals surface area contributed by atoms with Gasteiger partial charge in [0, 0.05) is 45.1 Å². The minimum Gasteiger partial charge on any atom is -0.466 e. The number of ether oxygens (including phenoxy) is 1. The topological polar surface area (TPSA) is 110 Å². The van der Waals surface area contributed by atoms with Crippen molar-refractivity contribution in [1.29, 1.82) is 0 Å². The van der Waals surface area contributed by atoms with Gasteiger partial charge >= 0.3 is 5.97 Å². The van der Waals surface area contributed by atoms with E-state index in [-0.39, 0.29) is 12.4 Å². The molecule has 0 bridgehead atoms. The maximum absolute atomic E-state index is 11.5. The van der Waals surface area contributed by atoms with E-state index in [4.69, 9.17) is 4.74 Å². The second-order valence-corrected chi connectivity index (χ2v) is 5.43. The molecule has 0 aliphatic carbocycles. The Morgan fingerprint density at radius 1 is 1.28 bits per heavy atom. The summed E-state index contributed by atoms with van der Waals surface area (Å²) in [7, 11) is 0. The number of hydrogen-bond acceptors (Lipinski definition) is 9. The van der Waals surface area contributed by atoms with Gasteiger partial charge in [-0.05, 0) is 13.0 Å². The molecule has 1 fully saturated rings. The molecule has 3 rings (SSSR count). The van der Waals surface area contributed by atoms with Gasteiger partial charge in [-0.15, -0.1) is 0 Å². The summed E-state index contributed by atoms with van der Waals surface area (Å²) in [5.74, 6) is 1.20. The SMILES string of the molecule is CCOC(=O)CCNc1nc(N2CCNCC2)nc(-n2cccn2)n1. The molecular formula is C15H22N8O2. The Balaban J connectivity index is 1.76. The van der Waals surface area contributed by atoms with Crippen molar-refractivity contribution in [3.05, 3.63) is 18.5 Å². The summed E-state index contributed by atoms with van der Waals surface area (Å²) in [5.41, 5.74) is 0. The fraction of sp³-hybridized carbons (Fsp3) is 0.533. The van der Waals surface area contributed by atoms with Crippen molar-refractivity contribution in [1.82, 2.24) is 30.0 Å². The highest BCUT2D eigenvalue weighted by atomic mass is 16.5. The van der Waals surface area contributed by atoms with Crippen LogP contribution >= 0.6 is 0 Å². The summed E-state index contributed by atoms with van der Waals surface area (Å²) in [6, 6.07) is 1.81. The van der Waals surface area contributed by atoms with E-state index in [0.29, 0.717) is 31.0 Å². The third-order valence-corrected chi connectivity index (χ3v) is 3.64. The predicted octanol–water partition coefficient (Wildman–Crippen LogP) is -0.168. The lowest BCUT2D eigenvalue weighted by atomic mass is 10.4. The van der Waals surface area contributed by atoms with E-state index >= 15 is 0 Å². The Hall–Kier alpha value is -2.75. The monoisotopic (exact) mass is 346 g/mol. The average molecular weight is 346 g/mol. The first-order valence-electron chi connectivity index (χ1n) is 8.37. The number of hydrogen-bond donors (Lipinski definition) is 2. The molecule has 1 aliphatic rings. The summed E-state index contributed by atoms with van der Waals surface area (Å²) < 4.78 is 6.51. The molecule has 10 heteroatoms. The van der Waals surface area contributed by atoms with E-state index in [2.05, 4.69) is 35.6 Å². The van der Waals surface area contributed by atoms with Crippen LogP contribution in [0.2, 0.25) is 0 Å². The molecule has 0 radical (unpaired) electrons. The minimum absolute atomic E-state index is 0.250. The summed E-state index contributed by atoms with van der Waals surface area (Å²) in [6.45, 7) is 5.97. The van der Waals surface area contributed by atoms with Crippen molar-refractivity contribution < 1.29 is 9.53 Å². The van der Waals surface area contributed by atoms with Crippen LogP contribution in [0.15, 0.2) is 18.5 Å². The van der Waals surface area contributed by atoms with Crippen molar-refractivity contribution >= 4 is 17.9 Å². The first-order chi connectivity index (χ1) is 12.3. The molecule has 25 heavy (non-hydrogen) atoms. The van der Waals surface area contributed by atoms with Gasteiger partial charge in [0.2, 0.25) is 11.9 Å². The molecule has 3 heterocycles. The van der Waals surface area contributed by atoms with E-state index < -0.39 is 0 Å². The summed E-state index contributed by atoms with van der Waals surface area (Å²) in [5, 5.41) is 10.5. The largest absolute Gasteiger partial charge is 0.466 e. The zero-order valence-corrected chi connectivity index (χ0v) is 14.2. The Kier molecular flexibility index (Phi) is 5.73. The Morgan fingerprint density at radius 3 is 2.80 bits per heavy atom. The van der Waals surface area contributed by atoms with Gasteiger partial charge in [0.05, 0.1) is 13.0 Å². The highest BCUT2D eigenvalue weighted by molar-refractivity contribution is 5.69. The van der Waals surface area contributed by atoms with Gasteiger partial charge < -0.3 is 20.3 Å². The van der Waals surface area contributed by atoms with E-state index in [1.165, 1.54) is 0 Å². The van der Waals surface area contributed by atoms with Crippen LogP contribution in [0, 0.1) is 0 Å². The van der Waals surface area contributed by atoms with Gasteiger partial charge in [-0.2, -0.15) is 20.1 Å². The fourth-order valence-electron chi connectivity index (χ4n) is 2.44. The summed E-state index contributed by atoms with van der Waals surface area (Å²) in [4.78, 5) is 26.9. The van der Waals surface area contributed by atoms with Crippen molar-refractivity contribution in [2.45, 2.75) is 13.3 Å². The summed E-state index contributed by atoms with van der Waals surface area (Å²) >= 11 is 0. The van der Waals surface area contributed by atoms with Crippen LogP contribution in [0.3, 0.4) is 0 Å². The lowest BCUT2D eigenvalue weighted by molar-refractivity contribution is -0.142. The number of piperazine rings is 1. The normalized spacial score (nSPS) is 14.4. The lowest BCUT2D eigenvalue weighted by Gasteiger charge is -2.27. The second kappa shape index (κ2) is 8.38. The van der Waals surface area contributed by atoms with Crippen LogP contribution in [0.5, 0.6) is 0 Å². The smallest absolute Gasteiger partial charge is 0.307 e. The highest BCUT2D eigenvalue weighted by Gasteiger charge is 2.17. The molecule has 10 nitrogen and oxygen atoms in total. The molecule has 1 aliphatic heterocycles. The van der Waals surface area contributed by atoms with Crippen molar-refractivity contribution in [3.63, 3.8) is 0 Å². The van der Waals surface area contributed by atoms with E-state index in [1.54, 1.807) is 24.0 Å². The van der Waals surface area contributed by atoms with Crippen LogP contribution in [-0.2, 0) is 9.53 Å². The second-order valence-electron chi connectivity index (χ2n) is 5.43. The molecule has 1 saturated heterocycles. The van der Waals surface area contributed by atoms with Crippen molar-refractivity contribution in [2.24, 2.45) is 0 Å². The first-order valence-corrected chi connectivity index (χ1v) is 8.37. The lowest BCUT2D eigenvalue weighted by Crippen LogP contribution is -2.44. The Labute approximate surface area is 145 Å². The van der Waals surface area contributed by atoms with Crippen LogP contribution in [0.4, 0.5) is 11.9 Å². The van der Waals surface area contributed by atoms with Gasteiger partial charge in [0.15, 0.2) is 0 Å². The number of nitrogens with zero attached hydrogens (tertiary/aromatic N) is 6. The van der Waals surface area contributed by atoms with Gasteiger partial charge in [0.1, 0.15) is 0 Å². The molecule has 0 aromatic carbocycles. The molecule has 0 atom stereocenters. The van der Waals surface area contributed by atoms with Crippen LogP contribution in [-0.4, -0.2) is 70.0 Å². The minimum atomic E-state index is -0.251. The molecule has 0 amide bonds. The molecular weight excluding hydrogens is 324 g/mol. The molecule has 2 aromatic heterocycles. The Bertz CT molecular complexity index is 685. The zero-order chi connectivity index (χ0) is 17.5. The van der Waals surface area contributed by atoms with E-state index in [1.807, 2.05) is 6.07 Å². The molecule has 134 valence electrons. The number of anilines is 2. The predicted molar refractivity (Wildman–Crippen MR) is 91.8 cm³/mol. The Morgan fingerprint density at radius 2 is 2.08 bits per heavy atom. The van der Waals surface area contributed by atoms with E-state index in [0.717, 1.165) is 26.2 Å². The molecule has 2 N–H and O–H groups in total. The number of rotatable bonds is 7. The third kappa shape index (κ3) is 4.63. The van der Waals surface area contributed by atoms with Crippen molar-refractivity contribution in [2.75, 3.05) is 49.5 Å². The highest BCUT2D eigenvalue weighted by Crippen LogP contribution is 2.13. The molecule has 0 unspecified atom stereocenters. The maximum atomic E-state index is 11.5.